The van der Waals surface area contributed by atoms with Crippen LogP contribution in [0.3, 0.4) is 0 Å². The second-order valence-electron chi connectivity index (χ2n) is 4.51. The molecule has 2 amide bonds. The van der Waals surface area contributed by atoms with Gasteiger partial charge in [-0.05, 0) is 36.4 Å². The van der Waals surface area contributed by atoms with Gasteiger partial charge in [-0.25, -0.2) is 4.79 Å². The van der Waals surface area contributed by atoms with Crippen molar-refractivity contribution in [2.45, 2.75) is 0 Å². The average molecular weight is 270 g/mol. The van der Waals surface area contributed by atoms with Gasteiger partial charge in [0.15, 0.2) is 0 Å². The Balaban J connectivity index is 1.85. The maximum atomic E-state index is 11.7. The fourth-order valence-corrected chi connectivity index (χ4v) is 1.66. The van der Waals surface area contributed by atoms with Crippen molar-refractivity contribution < 1.29 is 4.79 Å². The number of nitrogens with one attached hydrogen (secondary N) is 3. The van der Waals surface area contributed by atoms with E-state index in [1.54, 1.807) is 0 Å². The lowest BCUT2D eigenvalue weighted by molar-refractivity contribution is 0.254. The number of benzene rings is 2. The zero-order valence-electron chi connectivity index (χ0n) is 11.6. The van der Waals surface area contributed by atoms with E-state index in [1.807, 2.05) is 73.6 Å². The van der Waals surface area contributed by atoms with Gasteiger partial charge in [0.2, 0.25) is 0 Å². The first-order valence-electron chi connectivity index (χ1n) is 6.30. The maximum Gasteiger partial charge on any atom is 0.337 e. The van der Waals surface area contributed by atoms with Crippen LogP contribution in [-0.4, -0.2) is 20.1 Å². The first-order valence-corrected chi connectivity index (χ1v) is 6.30. The normalized spacial score (nSPS) is 9.70. The molecule has 0 unspecified atom stereocenters. The highest BCUT2D eigenvalue weighted by Crippen LogP contribution is 2.15. The maximum absolute atomic E-state index is 11.7. The van der Waals surface area contributed by atoms with Crippen LogP contribution in [0.2, 0.25) is 0 Å². The number of hydrogen-bond donors (Lipinski definition) is 3. The highest BCUT2D eigenvalue weighted by Gasteiger charge is 2.01. The predicted molar refractivity (Wildman–Crippen MR) is 83.0 cm³/mol. The smallest absolute Gasteiger partial charge is 0.337 e. The van der Waals surface area contributed by atoms with Crippen molar-refractivity contribution in [3.63, 3.8) is 0 Å². The van der Waals surface area contributed by atoms with Crippen molar-refractivity contribution in [2.75, 3.05) is 29.7 Å². The molecule has 20 heavy (non-hydrogen) atoms. The van der Waals surface area contributed by atoms with Gasteiger partial charge >= 0.3 is 6.03 Å². The molecule has 0 fully saturated rings. The monoisotopic (exact) mass is 270 g/mol. The minimum atomic E-state index is -0.313. The Morgan fingerprint density at radius 3 is 2.15 bits per heavy atom. The summed E-state index contributed by atoms with van der Waals surface area (Å²) >= 11 is 0. The standard InChI is InChI=1S/C15H18N4O/c1-19(2)14-10-8-12(9-11-14)16-15(20)18-17-13-6-4-3-5-7-13/h3-11,17H,1-2H3,(H2,16,18,20). The van der Waals surface area contributed by atoms with Gasteiger partial charge in [-0.15, -0.1) is 0 Å². The molecule has 0 aromatic heterocycles. The molecule has 0 saturated heterocycles. The molecule has 0 spiro atoms. The van der Waals surface area contributed by atoms with Crippen molar-refractivity contribution in [1.82, 2.24) is 5.43 Å². The number of rotatable bonds is 4. The van der Waals surface area contributed by atoms with Gasteiger partial charge in [-0.2, -0.15) is 0 Å². The lowest BCUT2D eigenvalue weighted by atomic mass is 10.2. The van der Waals surface area contributed by atoms with Gasteiger partial charge in [-0.3, -0.25) is 10.9 Å². The summed E-state index contributed by atoms with van der Waals surface area (Å²) in [7, 11) is 3.94. The predicted octanol–water partition coefficient (Wildman–Crippen LogP) is 2.90. The molecule has 0 radical (unpaired) electrons. The van der Waals surface area contributed by atoms with E-state index in [0.717, 1.165) is 17.1 Å². The molecule has 3 N–H and O–H groups in total. The second-order valence-corrected chi connectivity index (χ2v) is 4.51. The lowest BCUT2D eigenvalue weighted by Crippen LogP contribution is -2.33. The Kier molecular flexibility index (Phi) is 4.44. The van der Waals surface area contributed by atoms with Crippen molar-refractivity contribution in [3.8, 4) is 0 Å². The van der Waals surface area contributed by atoms with Crippen LogP contribution in [0.25, 0.3) is 0 Å². The van der Waals surface area contributed by atoms with Crippen LogP contribution in [0.5, 0.6) is 0 Å². The minimum absolute atomic E-state index is 0.313. The lowest BCUT2D eigenvalue weighted by Gasteiger charge is -2.13. The van der Waals surface area contributed by atoms with E-state index in [4.69, 9.17) is 0 Å². The van der Waals surface area contributed by atoms with E-state index in [0.29, 0.717) is 0 Å². The van der Waals surface area contributed by atoms with Crippen LogP contribution in [0.1, 0.15) is 0 Å². The largest absolute Gasteiger partial charge is 0.378 e. The highest BCUT2D eigenvalue weighted by atomic mass is 16.2. The van der Waals surface area contributed by atoms with Gasteiger partial charge in [-0.1, -0.05) is 18.2 Å². The number of para-hydroxylation sites is 1. The third-order valence-electron chi connectivity index (χ3n) is 2.74. The summed E-state index contributed by atoms with van der Waals surface area (Å²) in [4.78, 5) is 13.7. The number of anilines is 3. The molecule has 5 nitrogen and oxygen atoms in total. The number of nitrogens with zero attached hydrogens (tertiary/aromatic N) is 1. The van der Waals surface area contributed by atoms with Gasteiger partial charge < -0.3 is 10.2 Å². The molecule has 0 heterocycles. The molecule has 0 aliphatic rings. The van der Waals surface area contributed by atoms with Crippen LogP contribution in [0.4, 0.5) is 21.9 Å². The molecule has 0 aliphatic heterocycles. The van der Waals surface area contributed by atoms with Gasteiger partial charge in [0.1, 0.15) is 0 Å². The van der Waals surface area contributed by atoms with E-state index in [2.05, 4.69) is 16.2 Å². The van der Waals surface area contributed by atoms with Crippen molar-refractivity contribution in [1.29, 1.82) is 0 Å². The number of urea groups is 1. The van der Waals surface area contributed by atoms with E-state index in [1.165, 1.54) is 0 Å². The summed E-state index contributed by atoms with van der Waals surface area (Å²) in [6.07, 6.45) is 0. The molecule has 5 heteroatoms. The third-order valence-corrected chi connectivity index (χ3v) is 2.74. The number of amides is 2. The van der Waals surface area contributed by atoms with E-state index in [-0.39, 0.29) is 6.03 Å². The van der Waals surface area contributed by atoms with Gasteiger partial charge in [0.05, 0.1) is 5.69 Å². The fraction of sp³-hybridized carbons (Fsp3) is 0.133. The molecule has 0 bridgehead atoms. The minimum Gasteiger partial charge on any atom is -0.378 e. The van der Waals surface area contributed by atoms with Crippen molar-refractivity contribution in [2.24, 2.45) is 0 Å². The van der Waals surface area contributed by atoms with Crippen LogP contribution >= 0.6 is 0 Å². The topological polar surface area (TPSA) is 56.4 Å². The zero-order valence-corrected chi connectivity index (χ0v) is 11.6. The Morgan fingerprint density at radius 2 is 1.55 bits per heavy atom. The number of carbonyl (C=O) groups excluding carboxylic acids is 1. The van der Waals surface area contributed by atoms with E-state index in [9.17, 15) is 4.79 Å². The van der Waals surface area contributed by atoms with Crippen molar-refractivity contribution in [3.05, 3.63) is 54.6 Å². The Labute approximate surface area is 118 Å². The van der Waals surface area contributed by atoms with Crippen LogP contribution in [-0.2, 0) is 0 Å². The molecule has 104 valence electrons. The Morgan fingerprint density at radius 1 is 0.900 bits per heavy atom. The van der Waals surface area contributed by atoms with Gasteiger partial charge in [0.25, 0.3) is 0 Å². The van der Waals surface area contributed by atoms with Crippen molar-refractivity contribution >= 4 is 23.1 Å². The molecule has 0 atom stereocenters. The summed E-state index contributed by atoms with van der Waals surface area (Å²) in [5.41, 5.74) is 8.04. The molecule has 0 saturated carbocycles. The Bertz CT molecular complexity index is 552. The zero-order chi connectivity index (χ0) is 14.4. The molecule has 0 aliphatic carbocycles. The quantitative estimate of drug-likeness (QED) is 0.749. The first-order chi connectivity index (χ1) is 9.65. The first kappa shape index (κ1) is 13.7. The summed E-state index contributed by atoms with van der Waals surface area (Å²) in [6.45, 7) is 0. The van der Waals surface area contributed by atoms with Crippen LogP contribution in [0.15, 0.2) is 54.6 Å². The molecule has 2 aromatic rings. The van der Waals surface area contributed by atoms with Crippen LogP contribution < -0.4 is 21.1 Å². The molecular formula is C15H18N4O. The molecule has 2 aromatic carbocycles. The fourth-order valence-electron chi connectivity index (χ4n) is 1.66. The summed E-state index contributed by atoms with van der Waals surface area (Å²) in [5.74, 6) is 0. The number of carbonyl (C=O) groups is 1. The molecular weight excluding hydrogens is 252 g/mol. The Hall–Kier alpha value is -2.69. The van der Waals surface area contributed by atoms with Crippen LogP contribution in [0, 0.1) is 0 Å². The second kappa shape index (κ2) is 6.47. The average Bonchev–Trinajstić information content (AvgIpc) is 2.47. The van der Waals surface area contributed by atoms with E-state index >= 15 is 0 Å². The number of hydrogen-bond acceptors (Lipinski definition) is 3. The van der Waals surface area contributed by atoms with E-state index < -0.39 is 0 Å². The summed E-state index contributed by atoms with van der Waals surface area (Å²) in [5, 5.41) is 2.75. The summed E-state index contributed by atoms with van der Waals surface area (Å²) < 4.78 is 0. The summed E-state index contributed by atoms with van der Waals surface area (Å²) in [6, 6.07) is 16.7. The SMILES string of the molecule is CN(C)c1ccc(NC(=O)NNc2ccccc2)cc1. The van der Waals surface area contributed by atoms with Gasteiger partial charge in [0, 0.05) is 25.5 Å². The third kappa shape index (κ3) is 3.91. The molecule has 2 rings (SSSR count). The highest BCUT2D eigenvalue weighted by molar-refractivity contribution is 5.90. The number of hydrazine groups is 1.